The van der Waals surface area contributed by atoms with E-state index in [0.29, 0.717) is 12.1 Å². The Morgan fingerprint density at radius 3 is 2.78 bits per heavy atom. The Hall–Kier alpha value is -2.67. The van der Waals surface area contributed by atoms with Crippen molar-refractivity contribution in [1.82, 2.24) is 14.5 Å². The van der Waals surface area contributed by atoms with E-state index in [0.717, 1.165) is 16.7 Å². The van der Waals surface area contributed by atoms with Gasteiger partial charge in [-0.3, -0.25) is 0 Å². The lowest BCUT2D eigenvalue weighted by molar-refractivity contribution is 0.771. The van der Waals surface area contributed by atoms with Crippen LogP contribution in [0.5, 0.6) is 0 Å². The number of nitriles is 1. The molecule has 0 aliphatic carbocycles. The maximum absolute atomic E-state index is 8.93. The molecule has 1 aromatic carbocycles. The first-order valence-corrected chi connectivity index (χ1v) is 5.62. The molecule has 0 bridgehead atoms. The monoisotopic (exact) mass is 234 g/mol. The average molecular weight is 234 g/mol. The summed E-state index contributed by atoms with van der Waals surface area (Å²) in [5, 5.41) is 10.0. The van der Waals surface area contributed by atoms with Crippen LogP contribution in [0.15, 0.2) is 48.9 Å². The molecule has 0 unspecified atom stereocenters. The highest BCUT2D eigenvalue weighted by Gasteiger charge is 2.04. The van der Waals surface area contributed by atoms with Gasteiger partial charge < -0.3 is 4.57 Å². The van der Waals surface area contributed by atoms with E-state index >= 15 is 0 Å². The first-order valence-electron chi connectivity index (χ1n) is 5.62. The molecule has 3 aromatic rings. The van der Waals surface area contributed by atoms with Crippen LogP contribution in [0.25, 0.3) is 10.9 Å². The molecule has 18 heavy (non-hydrogen) atoms. The minimum atomic E-state index is 0.610. The normalized spacial score (nSPS) is 10.4. The third-order valence-corrected chi connectivity index (χ3v) is 2.83. The molecule has 4 nitrogen and oxygen atoms in total. The molecule has 0 aliphatic rings. The van der Waals surface area contributed by atoms with Crippen LogP contribution in [0.1, 0.15) is 11.4 Å². The number of fused-ring (bicyclic) bond motifs is 1. The minimum Gasteiger partial charge on any atom is -0.340 e. The highest BCUT2D eigenvalue weighted by molar-refractivity contribution is 5.81. The van der Waals surface area contributed by atoms with Gasteiger partial charge in [-0.15, -0.1) is 0 Å². The molecule has 0 spiro atoms. The largest absolute Gasteiger partial charge is 0.340 e. The number of hydrogen-bond acceptors (Lipinski definition) is 3. The van der Waals surface area contributed by atoms with E-state index in [9.17, 15) is 0 Å². The fourth-order valence-corrected chi connectivity index (χ4v) is 1.96. The Morgan fingerprint density at radius 1 is 1.17 bits per heavy atom. The van der Waals surface area contributed by atoms with Crippen LogP contribution in [-0.2, 0) is 6.54 Å². The summed E-state index contributed by atoms with van der Waals surface area (Å²) in [6, 6.07) is 11.6. The van der Waals surface area contributed by atoms with Crippen molar-refractivity contribution in [3.63, 3.8) is 0 Å². The number of hydrogen-bond donors (Lipinski definition) is 0. The smallest absolute Gasteiger partial charge is 0.147 e. The highest BCUT2D eigenvalue weighted by atomic mass is 15.0. The lowest BCUT2D eigenvalue weighted by atomic mass is 10.2. The first kappa shape index (κ1) is 10.5. The maximum atomic E-state index is 8.93. The molecule has 3 rings (SSSR count). The van der Waals surface area contributed by atoms with E-state index in [1.807, 2.05) is 35.0 Å². The van der Waals surface area contributed by atoms with Crippen LogP contribution < -0.4 is 0 Å². The average Bonchev–Trinajstić information content (AvgIpc) is 2.82. The summed E-state index contributed by atoms with van der Waals surface area (Å²) in [7, 11) is 0. The van der Waals surface area contributed by atoms with Gasteiger partial charge >= 0.3 is 0 Å². The van der Waals surface area contributed by atoms with Crippen molar-refractivity contribution in [1.29, 1.82) is 5.26 Å². The van der Waals surface area contributed by atoms with Gasteiger partial charge in [0, 0.05) is 24.1 Å². The van der Waals surface area contributed by atoms with E-state index in [-0.39, 0.29) is 0 Å². The van der Waals surface area contributed by atoms with Crippen LogP contribution >= 0.6 is 0 Å². The lowest BCUT2D eigenvalue weighted by Crippen LogP contribution is -2.02. The predicted molar refractivity (Wildman–Crippen MR) is 67.8 cm³/mol. The fraction of sp³-hybridized carbons (Fsp3) is 0.0714. The van der Waals surface area contributed by atoms with E-state index in [1.54, 1.807) is 18.5 Å². The second-order valence-corrected chi connectivity index (χ2v) is 3.99. The van der Waals surface area contributed by atoms with Crippen LogP contribution in [0, 0.1) is 11.3 Å². The highest BCUT2D eigenvalue weighted by Crippen LogP contribution is 2.18. The second kappa shape index (κ2) is 4.30. The summed E-state index contributed by atoms with van der Waals surface area (Å²) in [5.74, 6) is 0.761. The van der Waals surface area contributed by atoms with Crippen molar-refractivity contribution in [3.05, 3.63) is 60.3 Å². The fourth-order valence-electron chi connectivity index (χ4n) is 1.96. The molecular formula is C14H10N4. The summed E-state index contributed by atoms with van der Waals surface area (Å²) in [4.78, 5) is 8.41. The predicted octanol–water partition coefficient (Wildman–Crippen LogP) is 2.35. The Bertz CT molecular complexity index is 722. The third kappa shape index (κ3) is 1.82. The van der Waals surface area contributed by atoms with E-state index < -0.39 is 0 Å². The van der Waals surface area contributed by atoms with Gasteiger partial charge in [-0.1, -0.05) is 6.07 Å². The van der Waals surface area contributed by atoms with Crippen molar-refractivity contribution in [3.8, 4) is 6.07 Å². The second-order valence-electron chi connectivity index (χ2n) is 3.99. The van der Waals surface area contributed by atoms with Crippen molar-refractivity contribution >= 4 is 10.9 Å². The molecule has 0 N–H and O–H groups in total. The van der Waals surface area contributed by atoms with Gasteiger partial charge in [0.25, 0.3) is 0 Å². The van der Waals surface area contributed by atoms with Gasteiger partial charge in [0.1, 0.15) is 5.82 Å². The van der Waals surface area contributed by atoms with Crippen LogP contribution in [-0.4, -0.2) is 14.5 Å². The molecule has 0 fully saturated rings. The zero-order valence-corrected chi connectivity index (χ0v) is 9.61. The molecule has 4 heteroatoms. The molecule has 0 aliphatic heterocycles. The van der Waals surface area contributed by atoms with Crippen LogP contribution in [0.2, 0.25) is 0 Å². The number of aromatic nitrogens is 3. The van der Waals surface area contributed by atoms with Gasteiger partial charge in [-0.05, 0) is 29.7 Å². The van der Waals surface area contributed by atoms with E-state index in [1.165, 1.54) is 0 Å². The molecule has 2 heterocycles. The van der Waals surface area contributed by atoms with Crippen molar-refractivity contribution < 1.29 is 0 Å². The molecule has 0 atom stereocenters. The summed E-state index contributed by atoms with van der Waals surface area (Å²) < 4.78 is 2.05. The maximum Gasteiger partial charge on any atom is 0.147 e. The summed E-state index contributed by atoms with van der Waals surface area (Å²) in [6.45, 7) is 0.610. The van der Waals surface area contributed by atoms with Gasteiger partial charge in [0.15, 0.2) is 0 Å². The Kier molecular flexibility index (Phi) is 2.50. The van der Waals surface area contributed by atoms with Crippen LogP contribution in [0.3, 0.4) is 0 Å². The quantitative estimate of drug-likeness (QED) is 0.684. The Balaban J connectivity index is 2.05. The molecule has 0 saturated heterocycles. The summed E-state index contributed by atoms with van der Waals surface area (Å²) >= 11 is 0. The van der Waals surface area contributed by atoms with Gasteiger partial charge in [0.05, 0.1) is 18.2 Å². The van der Waals surface area contributed by atoms with E-state index in [2.05, 4.69) is 16.0 Å². The molecule has 0 saturated carbocycles. The molecule has 0 radical (unpaired) electrons. The number of rotatable bonds is 2. The third-order valence-electron chi connectivity index (χ3n) is 2.83. The molecule has 86 valence electrons. The zero-order chi connectivity index (χ0) is 12.4. The lowest BCUT2D eigenvalue weighted by Gasteiger charge is -2.04. The zero-order valence-electron chi connectivity index (χ0n) is 9.61. The minimum absolute atomic E-state index is 0.610. The van der Waals surface area contributed by atoms with E-state index in [4.69, 9.17) is 5.26 Å². The summed E-state index contributed by atoms with van der Waals surface area (Å²) in [6.07, 6.45) is 5.45. The van der Waals surface area contributed by atoms with Crippen LogP contribution in [0.4, 0.5) is 0 Å². The Labute approximate surface area is 104 Å². The number of nitrogens with zero attached hydrogens (tertiary/aromatic N) is 4. The SMILES string of the molecule is N#Cc1ccc2ccn(Cc3ncccn3)c2c1. The van der Waals surface area contributed by atoms with Gasteiger partial charge in [-0.25, -0.2) is 9.97 Å². The summed E-state index contributed by atoms with van der Waals surface area (Å²) in [5.41, 5.74) is 1.69. The first-order chi connectivity index (χ1) is 8.86. The van der Waals surface area contributed by atoms with Gasteiger partial charge in [-0.2, -0.15) is 5.26 Å². The molecular weight excluding hydrogens is 224 g/mol. The van der Waals surface area contributed by atoms with Crippen molar-refractivity contribution in [2.24, 2.45) is 0 Å². The van der Waals surface area contributed by atoms with Crippen molar-refractivity contribution in [2.75, 3.05) is 0 Å². The van der Waals surface area contributed by atoms with Crippen molar-refractivity contribution in [2.45, 2.75) is 6.54 Å². The topological polar surface area (TPSA) is 54.5 Å². The van der Waals surface area contributed by atoms with Gasteiger partial charge in [0.2, 0.25) is 0 Å². The number of benzene rings is 1. The Morgan fingerprint density at radius 2 is 2.00 bits per heavy atom. The molecule has 2 aromatic heterocycles. The standard InChI is InChI=1S/C14H10N4/c15-9-11-2-3-12-4-7-18(13(12)8-11)10-14-16-5-1-6-17-14/h1-8H,10H2. The molecule has 0 amide bonds.